The molecule has 114 valence electrons. The number of nitrogens with one attached hydrogen (secondary N) is 1. The van der Waals surface area contributed by atoms with Gasteiger partial charge in [0.05, 0.1) is 12.2 Å². The fraction of sp³-hybridized carbons (Fsp3) is 0.562. The quantitative estimate of drug-likeness (QED) is 0.894. The van der Waals surface area contributed by atoms with Crippen molar-refractivity contribution >= 4 is 11.8 Å². The summed E-state index contributed by atoms with van der Waals surface area (Å²) in [5.41, 5.74) is 2.00. The van der Waals surface area contributed by atoms with Crippen molar-refractivity contribution < 1.29 is 9.59 Å². The highest BCUT2D eigenvalue weighted by molar-refractivity contribution is 5.94. The van der Waals surface area contributed by atoms with Gasteiger partial charge in [-0.3, -0.25) is 14.6 Å². The molecule has 5 nitrogen and oxygen atoms in total. The second kappa shape index (κ2) is 6.70. The summed E-state index contributed by atoms with van der Waals surface area (Å²) in [6.07, 6.45) is 3.27. The SMILES string of the molecule is CCc1cccnc1CN1CC(=O)NC(CC(C)C)C1=O. The van der Waals surface area contributed by atoms with E-state index in [1.165, 1.54) is 0 Å². The summed E-state index contributed by atoms with van der Waals surface area (Å²) in [5, 5.41) is 2.79. The molecule has 0 aliphatic carbocycles. The van der Waals surface area contributed by atoms with Gasteiger partial charge in [0.2, 0.25) is 11.8 Å². The highest BCUT2D eigenvalue weighted by atomic mass is 16.2. The standard InChI is InChI=1S/C16H23N3O2/c1-4-12-6-5-7-17-14(12)9-19-10-15(20)18-13(16(19)21)8-11(2)3/h5-7,11,13H,4,8-10H2,1-3H3,(H,18,20). The number of aromatic nitrogens is 1. The van der Waals surface area contributed by atoms with Crippen LogP contribution in [0.15, 0.2) is 18.3 Å². The van der Waals surface area contributed by atoms with Crippen LogP contribution < -0.4 is 5.32 Å². The third kappa shape index (κ3) is 3.80. The molecule has 21 heavy (non-hydrogen) atoms. The average molecular weight is 289 g/mol. The van der Waals surface area contributed by atoms with E-state index in [4.69, 9.17) is 0 Å². The Kier molecular flexibility index (Phi) is 4.94. The molecule has 2 amide bonds. The number of carbonyl (C=O) groups is 2. The smallest absolute Gasteiger partial charge is 0.245 e. The average Bonchev–Trinajstić information content (AvgIpc) is 2.44. The van der Waals surface area contributed by atoms with Crippen LogP contribution in [0.25, 0.3) is 0 Å². The first-order valence-electron chi connectivity index (χ1n) is 7.52. The van der Waals surface area contributed by atoms with Crippen molar-refractivity contribution in [2.45, 2.75) is 46.2 Å². The summed E-state index contributed by atoms with van der Waals surface area (Å²) >= 11 is 0. The number of amides is 2. The molecule has 1 atom stereocenters. The number of aryl methyl sites for hydroxylation is 1. The second-order valence-electron chi connectivity index (χ2n) is 5.91. The zero-order valence-electron chi connectivity index (χ0n) is 12.9. The van der Waals surface area contributed by atoms with Crippen molar-refractivity contribution in [2.75, 3.05) is 6.54 Å². The Bertz CT molecular complexity index is 528. The zero-order valence-corrected chi connectivity index (χ0v) is 12.9. The predicted octanol–water partition coefficient (Wildman–Crippen LogP) is 1.52. The van der Waals surface area contributed by atoms with E-state index in [2.05, 4.69) is 17.2 Å². The van der Waals surface area contributed by atoms with Gasteiger partial charge in [-0.15, -0.1) is 0 Å². The molecule has 1 saturated heterocycles. The van der Waals surface area contributed by atoms with Crippen LogP contribution in [0, 0.1) is 5.92 Å². The van der Waals surface area contributed by atoms with Crippen LogP contribution in [0.5, 0.6) is 0 Å². The molecule has 0 saturated carbocycles. The number of piperazine rings is 1. The van der Waals surface area contributed by atoms with Crippen LogP contribution in [-0.4, -0.2) is 34.3 Å². The Balaban J connectivity index is 2.14. The van der Waals surface area contributed by atoms with E-state index in [1.54, 1.807) is 11.1 Å². The minimum atomic E-state index is -0.403. The molecule has 1 N–H and O–H groups in total. The molecule has 0 aromatic carbocycles. The van der Waals surface area contributed by atoms with Crippen LogP contribution in [0.1, 0.15) is 38.4 Å². The molecule has 2 heterocycles. The van der Waals surface area contributed by atoms with Gasteiger partial charge in [0.25, 0.3) is 0 Å². The lowest BCUT2D eigenvalue weighted by Crippen LogP contribution is -2.58. The van der Waals surface area contributed by atoms with Crippen LogP contribution >= 0.6 is 0 Å². The van der Waals surface area contributed by atoms with Gasteiger partial charge < -0.3 is 10.2 Å². The van der Waals surface area contributed by atoms with Crippen molar-refractivity contribution in [3.8, 4) is 0 Å². The number of carbonyl (C=O) groups excluding carboxylic acids is 2. The Labute approximate surface area is 125 Å². The van der Waals surface area contributed by atoms with Crippen molar-refractivity contribution in [1.82, 2.24) is 15.2 Å². The number of hydrogen-bond donors (Lipinski definition) is 1. The first-order chi connectivity index (χ1) is 10.0. The first-order valence-corrected chi connectivity index (χ1v) is 7.52. The summed E-state index contributed by atoms with van der Waals surface area (Å²) in [6, 6.07) is 3.51. The third-order valence-corrected chi connectivity index (χ3v) is 3.69. The van der Waals surface area contributed by atoms with E-state index in [-0.39, 0.29) is 18.4 Å². The zero-order chi connectivity index (χ0) is 15.4. The lowest BCUT2D eigenvalue weighted by Gasteiger charge is -2.33. The van der Waals surface area contributed by atoms with Crippen LogP contribution in [0.2, 0.25) is 0 Å². The van der Waals surface area contributed by atoms with Gasteiger partial charge in [0, 0.05) is 6.20 Å². The summed E-state index contributed by atoms with van der Waals surface area (Å²) < 4.78 is 0. The minimum absolute atomic E-state index is 0.00370. The molecule has 1 aliphatic rings. The summed E-state index contributed by atoms with van der Waals surface area (Å²) in [5.74, 6) is 0.269. The van der Waals surface area contributed by atoms with Gasteiger partial charge in [-0.1, -0.05) is 26.8 Å². The normalized spacial score (nSPS) is 19.0. The number of nitrogens with zero attached hydrogens (tertiary/aromatic N) is 2. The number of pyridine rings is 1. The van der Waals surface area contributed by atoms with Gasteiger partial charge in [0.1, 0.15) is 12.6 Å². The van der Waals surface area contributed by atoms with Crippen molar-refractivity contribution in [3.05, 3.63) is 29.6 Å². The van der Waals surface area contributed by atoms with Gasteiger partial charge in [-0.25, -0.2) is 0 Å². The third-order valence-electron chi connectivity index (χ3n) is 3.69. The molecule has 2 rings (SSSR count). The van der Waals surface area contributed by atoms with Gasteiger partial charge >= 0.3 is 0 Å². The lowest BCUT2D eigenvalue weighted by atomic mass is 10.0. The number of hydrogen-bond acceptors (Lipinski definition) is 3. The molecule has 1 aromatic rings. The van der Waals surface area contributed by atoms with Crippen LogP contribution in [0.3, 0.4) is 0 Å². The molecule has 1 aliphatic heterocycles. The summed E-state index contributed by atoms with van der Waals surface area (Å²) in [6.45, 7) is 6.68. The molecule has 1 fully saturated rings. The topological polar surface area (TPSA) is 62.3 Å². The Morgan fingerprint density at radius 1 is 1.43 bits per heavy atom. The molecule has 0 radical (unpaired) electrons. The van der Waals surface area contributed by atoms with Crippen molar-refractivity contribution in [2.24, 2.45) is 5.92 Å². The van der Waals surface area contributed by atoms with E-state index in [0.717, 1.165) is 17.7 Å². The highest BCUT2D eigenvalue weighted by Gasteiger charge is 2.33. The monoisotopic (exact) mass is 289 g/mol. The van der Waals surface area contributed by atoms with Crippen LogP contribution in [0.4, 0.5) is 0 Å². The maximum atomic E-state index is 12.5. The van der Waals surface area contributed by atoms with Gasteiger partial charge in [-0.2, -0.15) is 0 Å². The summed E-state index contributed by atoms with van der Waals surface area (Å²) in [4.78, 5) is 30.3. The Morgan fingerprint density at radius 3 is 2.86 bits per heavy atom. The Hall–Kier alpha value is -1.91. The van der Waals surface area contributed by atoms with E-state index in [9.17, 15) is 9.59 Å². The fourth-order valence-electron chi connectivity index (χ4n) is 2.65. The van der Waals surface area contributed by atoms with E-state index in [1.807, 2.05) is 26.0 Å². The van der Waals surface area contributed by atoms with Gasteiger partial charge in [-0.05, 0) is 30.4 Å². The van der Waals surface area contributed by atoms with E-state index < -0.39 is 6.04 Å². The first kappa shape index (κ1) is 15.5. The molecule has 5 heteroatoms. The Morgan fingerprint density at radius 2 is 2.19 bits per heavy atom. The summed E-state index contributed by atoms with van der Waals surface area (Å²) in [7, 11) is 0. The maximum Gasteiger partial charge on any atom is 0.245 e. The molecular weight excluding hydrogens is 266 g/mol. The second-order valence-corrected chi connectivity index (χ2v) is 5.91. The largest absolute Gasteiger partial charge is 0.343 e. The predicted molar refractivity (Wildman–Crippen MR) is 80.4 cm³/mol. The van der Waals surface area contributed by atoms with E-state index >= 15 is 0 Å². The molecule has 1 aromatic heterocycles. The van der Waals surface area contributed by atoms with Gasteiger partial charge in [0.15, 0.2) is 0 Å². The lowest BCUT2D eigenvalue weighted by molar-refractivity contribution is -0.145. The molecule has 0 spiro atoms. The highest BCUT2D eigenvalue weighted by Crippen LogP contribution is 2.15. The molecule has 1 unspecified atom stereocenters. The fourth-order valence-corrected chi connectivity index (χ4v) is 2.65. The van der Waals surface area contributed by atoms with Crippen molar-refractivity contribution in [3.63, 3.8) is 0 Å². The van der Waals surface area contributed by atoms with Crippen molar-refractivity contribution in [1.29, 1.82) is 0 Å². The maximum absolute atomic E-state index is 12.5. The van der Waals surface area contributed by atoms with Crippen LogP contribution in [-0.2, 0) is 22.6 Å². The minimum Gasteiger partial charge on any atom is -0.343 e. The molecule has 0 bridgehead atoms. The van der Waals surface area contributed by atoms with E-state index in [0.29, 0.717) is 18.9 Å². The molecular formula is C16H23N3O2. The number of rotatable bonds is 5.